The SMILES string of the molecule is COc1cc([N+](=O)[O-])ccc1NC(=O)[C@@H](C)OC(=O)c1cccc(C)c1N. The molecule has 27 heavy (non-hydrogen) atoms. The molecule has 0 unspecified atom stereocenters. The minimum atomic E-state index is -1.13. The van der Waals surface area contributed by atoms with Crippen molar-refractivity contribution in [1.82, 2.24) is 0 Å². The number of nitro benzene ring substituents is 1. The van der Waals surface area contributed by atoms with Crippen LogP contribution in [0.4, 0.5) is 17.1 Å². The molecule has 0 heterocycles. The number of methoxy groups -OCH3 is 1. The highest BCUT2D eigenvalue weighted by molar-refractivity contribution is 6.00. The summed E-state index contributed by atoms with van der Waals surface area (Å²) in [7, 11) is 1.32. The highest BCUT2D eigenvalue weighted by Crippen LogP contribution is 2.29. The Balaban J connectivity index is 2.11. The van der Waals surface area contributed by atoms with E-state index in [2.05, 4.69) is 5.32 Å². The van der Waals surface area contributed by atoms with Crippen LogP contribution in [0.1, 0.15) is 22.8 Å². The third-order valence-corrected chi connectivity index (χ3v) is 3.85. The summed E-state index contributed by atoms with van der Waals surface area (Å²) in [6, 6.07) is 8.66. The number of hydrogen-bond acceptors (Lipinski definition) is 7. The maximum absolute atomic E-state index is 12.3. The van der Waals surface area contributed by atoms with Gasteiger partial charge in [-0.2, -0.15) is 0 Å². The third-order valence-electron chi connectivity index (χ3n) is 3.85. The molecule has 0 aliphatic heterocycles. The van der Waals surface area contributed by atoms with Crippen molar-refractivity contribution in [2.24, 2.45) is 0 Å². The van der Waals surface area contributed by atoms with E-state index in [9.17, 15) is 19.7 Å². The van der Waals surface area contributed by atoms with Gasteiger partial charge in [0.2, 0.25) is 0 Å². The van der Waals surface area contributed by atoms with E-state index in [1.165, 1.54) is 38.3 Å². The van der Waals surface area contributed by atoms with Crippen molar-refractivity contribution in [3.05, 3.63) is 57.6 Å². The number of non-ortho nitro benzene ring substituents is 1. The molecule has 0 saturated heterocycles. The highest BCUT2D eigenvalue weighted by atomic mass is 16.6. The lowest BCUT2D eigenvalue weighted by Crippen LogP contribution is -2.30. The number of carbonyl (C=O) groups excluding carboxylic acids is 2. The average molecular weight is 373 g/mol. The monoisotopic (exact) mass is 373 g/mol. The summed E-state index contributed by atoms with van der Waals surface area (Å²) in [6.45, 7) is 3.15. The van der Waals surface area contributed by atoms with E-state index >= 15 is 0 Å². The molecule has 1 atom stereocenters. The van der Waals surface area contributed by atoms with Gasteiger partial charge >= 0.3 is 5.97 Å². The second-order valence-corrected chi connectivity index (χ2v) is 5.71. The number of carbonyl (C=O) groups is 2. The zero-order valence-corrected chi connectivity index (χ0v) is 15.0. The lowest BCUT2D eigenvalue weighted by Gasteiger charge is -2.16. The van der Waals surface area contributed by atoms with E-state index in [4.69, 9.17) is 15.2 Å². The Labute approximate surface area is 155 Å². The van der Waals surface area contributed by atoms with E-state index in [-0.39, 0.29) is 28.4 Å². The third kappa shape index (κ3) is 4.51. The second-order valence-electron chi connectivity index (χ2n) is 5.71. The number of nitrogens with zero attached hydrogens (tertiary/aromatic N) is 1. The van der Waals surface area contributed by atoms with Gasteiger partial charge in [0.25, 0.3) is 11.6 Å². The lowest BCUT2D eigenvalue weighted by atomic mass is 10.1. The standard InChI is InChI=1S/C18H19N3O6/c1-10-5-4-6-13(16(10)19)18(23)27-11(2)17(22)20-14-8-7-12(21(24)25)9-15(14)26-3/h4-9,11H,19H2,1-3H3,(H,20,22)/t11-/m1/s1. The second kappa shape index (κ2) is 8.17. The number of nitrogens with two attached hydrogens (primary N) is 1. The molecule has 0 bridgehead atoms. The predicted molar refractivity (Wildman–Crippen MR) is 98.7 cm³/mol. The molecule has 0 spiro atoms. The molecule has 0 saturated carbocycles. The van der Waals surface area contributed by atoms with Crippen LogP contribution in [0, 0.1) is 17.0 Å². The molecule has 1 amide bonds. The van der Waals surface area contributed by atoms with Crippen molar-refractivity contribution >= 4 is 28.9 Å². The Morgan fingerprint density at radius 3 is 2.59 bits per heavy atom. The van der Waals surface area contributed by atoms with Gasteiger partial charge in [0.1, 0.15) is 5.75 Å². The molecule has 3 N–H and O–H groups in total. The number of para-hydroxylation sites is 1. The van der Waals surface area contributed by atoms with Crippen LogP contribution in [0.15, 0.2) is 36.4 Å². The van der Waals surface area contributed by atoms with Crippen molar-refractivity contribution in [3.63, 3.8) is 0 Å². The number of hydrogen-bond donors (Lipinski definition) is 2. The number of rotatable bonds is 6. The zero-order chi connectivity index (χ0) is 20.1. The summed E-state index contributed by atoms with van der Waals surface area (Å²) < 4.78 is 10.2. The number of nitrogen functional groups attached to an aromatic ring is 1. The number of nitrogens with one attached hydrogen (secondary N) is 1. The topological polar surface area (TPSA) is 134 Å². The van der Waals surface area contributed by atoms with Crippen LogP contribution in [-0.2, 0) is 9.53 Å². The van der Waals surface area contributed by atoms with Crippen LogP contribution < -0.4 is 15.8 Å². The van der Waals surface area contributed by atoms with Crippen LogP contribution in [0.5, 0.6) is 5.75 Å². The van der Waals surface area contributed by atoms with Gasteiger partial charge in [-0.3, -0.25) is 14.9 Å². The maximum Gasteiger partial charge on any atom is 0.341 e. The summed E-state index contributed by atoms with van der Waals surface area (Å²) in [5.41, 5.74) is 7.07. The van der Waals surface area contributed by atoms with Crippen molar-refractivity contribution in [2.45, 2.75) is 20.0 Å². The van der Waals surface area contributed by atoms with Gasteiger partial charge in [-0.05, 0) is 31.5 Å². The molecule has 2 rings (SSSR count). The van der Waals surface area contributed by atoms with Crippen LogP contribution in [0.25, 0.3) is 0 Å². The first-order valence-electron chi connectivity index (χ1n) is 7.94. The molecule has 9 heteroatoms. The van der Waals surface area contributed by atoms with Gasteiger partial charge in [-0.1, -0.05) is 12.1 Å². The predicted octanol–water partition coefficient (Wildman–Crippen LogP) is 2.68. The molecule has 9 nitrogen and oxygen atoms in total. The first-order chi connectivity index (χ1) is 12.7. The van der Waals surface area contributed by atoms with Crippen LogP contribution >= 0.6 is 0 Å². The number of esters is 1. The van der Waals surface area contributed by atoms with E-state index < -0.39 is 22.9 Å². The Bertz CT molecular complexity index is 897. The summed E-state index contributed by atoms with van der Waals surface area (Å²) in [6.07, 6.45) is -1.13. The number of amides is 1. The van der Waals surface area contributed by atoms with E-state index in [1.807, 2.05) is 0 Å². The van der Waals surface area contributed by atoms with Gasteiger partial charge in [0.15, 0.2) is 6.10 Å². The Hall–Kier alpha value is -3.62. The van der Waals surface area contributed by atoms with Gasteiger partial charge < -0.3 is 20.5 Å². The molecular weight excluding hydrogens is 354 g/mol. The molecule has 0 fully saturated rings. The first kappa shape index (κ1) is 19.7. The molecule has 0 aromatic heterocycles. The Morgan fingerprint density at radius 1 is 1.26 bits per heavy atom. The van der Waals surface area contributed by atoms with Gasteiger partial charge in [0.05, 0.1) is 29.4 Å². The largest absolute Gasteiger partial charge is 0.494 e. The number of aryl methyl sites for hydroxylation is 1. The summed E-state index contributed by atoms with van der Waals surface area (Å²) in [5.74, 6) is -1.24. The maximum atomic E-state index is 12.3. The van der Waals surface area contributed by atoms with Gasteiger partial charge in [0, 0.05) is 11.8 Å². The molecule has 2 aromatic carbocycles. The average Bonchev–Trinajstić information content (AvgIpc) is 2.63. The van der Waals surface area contributed by atoms with Gasteiger partial charge in [-0.25, -0.2) is 4.79 Å². The van der Waals surface area contributed by atoms with Crippen LogP contribution in [0.3, 0.4) is 0 Å². The molecule has 0 aliphatic carbocycles. The fourth-order valence-electron chi connectivity index (χ4n) is 2.27. The Kier molecular flexibility index (Phi) is 5.96. The van der Waals surface area contributed by atoms with E-state index in [0.717, 1.165) is 5.56 Å². The van der Waals surface area contributed by atoms with E-state index in [1.54, 1.807) is 19.1 Å². The number of anilines is 2. The lowest BCUT2D eigenvalue weighted by molar-refractivity contribution is -0.384. The molecule has 2 aromatic rings. The van der Waals surface area contributed by atoms with Crippen molar-refractivity contribution < 1.29 is 24.0 Å². The summed E-state index contributed by atoms with van der Waals surface area (Å²) in [4.78, 5) is 34.8. The summed E-state index contributed by atoms with van der Waals surface area (Å²) >= 11 is 0. The zero-order valence-electron chi connectivity index (χ0n) is 15.0. The minimum absolute atomic E-state index is 0.110. The first-order valence-corrected chi connectivity index (χ1v) is 7.94. The molecule has 0 radical (unpaired) electrons. The normalized spacial score (nSPS) is 11.4. The van der Waals surface area contributed by atoms with Crippen LogP contribution in [-0.4, -0.2) is 30.0 Å². The van der Waals surface area contributed by atoms with Crippen LogP contribution in [0.2, 0.25) is 0 Å². The van der Waals surface area contributed by atoms with E-state index in [0.29, 0.717) is 0 Å². The molecule has 142 valence electrons. The van der Waals surface area contributed by atoms with Crippen molar-refractivity contribution in [1.29, 1.82) is 0 Å². The van der Waals surface area contributed by atoms with Gasteiger partial charge in [-0.15, -0.1) is 0 Å². The minimum Gasteiger partial charge on any atom is -0.494 e. The van der Waals surface area contributed by atoms with Crippen molar-refractivity contribution in [3.8, 4) is 5.75 Å². The quantitative estimate of drug-likeness (QED) is 0.344. The Morgan fingerprint density at radius 2 is 1.96 bits per heavy atom. The van der Waals surface area contributed by atoms with Crippen molar-refractivity contribution in [2.75, 3.05) is 18.2 Å². The number of nitro groups is 1. The molecule has 0 aliphatic rings. The smallest absolute Gasteiger partial charge is 0.341 e. The number of ether oxygens (including phenoxy) is 2. The molecular formula is C18H19N3O6. The summed E-state index contributed by atoms with van der Waals surface area (Å²) in [5, 5.41) is 13.3. The highest BCUT2D eigenvalue weighted by Gasteiger charge is 2.22. The number of benzene rings is 2. The fourth-order valence-corrected chi connectivity index (χ4v) is 2.27. The fraction of sp³-hybridized carbons (Fsp3) is 0.222.